The van der Waals surface area contributed by atoms with E-state index in [-0.39, 0.29) is 23.4 Å². The van der Waals surface area contributed by atoms with Crippen molar-refractivity contribution >= 4 is 34.6 Å². The lowest BCUT2D eigenvalue weighted by Crippen LogP contribution is -2.70. The molecule has 0 radical (unpaired) electrons. The average Bonchev–Trinajstić information content (AvgIpc) is 3.11. The van der Waals surface area contributed by atoms with Gasteiger partial charge in [0.05, 0.1) is 41.8 Å². The van der Waals surface area contributed by atoms with Crippen LogP contribution in [0.5, 0.6) is 5.75 Å². The number of rotatable bonds is 4. The molecule has 1 aliphatic heterocycles. The Morgan fingerprint density at radius 2 is 1.97 bits per heavy atom. The maximum Gasteiger partial charge on any atom is 0.405 e. The van der Waals surface area contributed by atoms with Crippen LogP contribution >= 0.6 is 0 Å². The van der Waals surface area contributed by atoms with Crippen LogP contribution in [-0.2, 0) is 0 Å². The zero-order valence-corrected chi connectivity index (χ0v) is 20.2. The number of piperidine rings is 1. The van der Waals surface area contributed by atoms with E-state index in [2.05, 4.69) is 53.2 Å². The summed E-state index contributed by atoms with van der Waals surface area (Å²) in [5.74, 6) is 2.11. The number of anilines is 2. The number of carbonyl (C=O) groups is 1. The van der Waals surface area contributed by atoms with Gasteiger partial charge in [-0.15, -0.1) is 0 Å². The number of aromatic nitrogens is 4. The second kappa shape index (κ2) is 8.32. The van der Waals surface area contributed by atoms with Gasteiger partial charge in [0, 0.05) is 17.5 Å². The highest BCUT2D eigenvalue weighted by Gasteiger charge is 2.50. The predicted molar refractivity (Wildman–Crippen MR) is 133 cm³/mol. The first-order chi connectivity index (χ1) is 15.9. The molecule has 1 aromatic carbocycles. The Bertz CT molecular complexity index is 1230. The van der Waals surface area contributed by atoms with E-state index in [1.807, 2.05) is 18.2 Å². The molecule has 1 saturated heterocycles. The standard InChI is InChI=1S/C23H32N8O3/c1-12-6-14(26-22(32)33)11-31(10-12,23(2,3)4)18-9-15(27-21(25)28-18)13-7-16-19(17(8-13)34-5)20(24)30-29-16/h7-9,12,14,26H,6,10-11H2,1-5H3,(H5-,24,25,27,28,29,30,32,33)/p+1/t12-,14-,31?/m1/s1. The molecule has 11 nitrogen and oxygen atoms in total. The summed E-state index contributed by atoms with van der Waals surface area (Å²) in [6.07, 6.45) is -0.251. The first-order valence-corrected chi connectivity index (χ1v) is 11.3. The topological polar surface area (TPSA) is 165 Å². The molecule has 0 saturated carbocycles. The molecule has 1 unspecified atom stereocenters. The lowest BCUT2D eigenvalue weighted by molar-refractivity contribution is 0.0652. The number of hydrogen-bond acceptors (Lipinski definition) is 7. The number of nitrogens with zero attached hydrogens (tertiary/aromatic N) is 4. The molecule has 1 amide bonds. The van der Waals surface area contributed by atoms with Gasteiger partial charge in [0.25, 0.3) is 0 Å². The summed E-state index contributed by atoms with van der Waals surface area (Å²) in [4.78, 5) is 20.6. The molecule has 4 rings (SSSR count). The first-order valence-electron chi connectivity index (χ1n) is 11.3. The first kappa shape index (κ1) is 23.6. The number of methoxy groups -OCH3 is 1. The Morgan fingerprint density at radius 3 is 2.62 bits per heavy atom. The molecule has 0 spiro atoms. The molecular weight excluding hydrogens is 436 g/mol. The molecule has 3 heterocycles. The molecule has 7 N–H and O–H groups in total. The molecule has 0 aliphatic carbocycles. The van der Waals surface area contributed by atoms with Crippen molar-refractivity contribution < 1.29 is 14.6 Å². The van der Waals surface area contributed by atoms with Crippen molar-refractivity contribution in [3.05, 3.63) is 18.2 Å². The van der Waals surface area contributed by atoms with Crippen LogP contribution in [0.1, 0.15) is 34.1 Å². The number of benzene rings is 1. The van der Waals surface area contributed by atoms with E-state index in [0.29, 0.717) is 33.7 Å². The Labute approximate surface area is 198 Å². The summed E-state index contributed by atoms with van der Waals surface area (Å²) >= 11 is 0. The van der Waals surface area contributed by atoms with Gasteiger partial charge >= 0.3 is 6.09 Å². The monoisotopic (exact) mass is 469 g/mol. The van der Waals surface area contributed by atoms with Crippen molar-refractivity contribution in [1.29, 1.82) is 0 Å². The smallest absolute Gasteiger partial charge is 0.405 e. The number of carboxylic acid groups (broad SMARTS) is 1. The maximum atomic E-state index is 11.4. The fraction of sp³-hybridized carbons (Fsp3) is 0.478. The number of likely N-dealkylation sites (tertiary alicyclic amines) is 1. The zero-order chi connectivity index (χ0) is 24.8. The Kier molecular flexibility index (Phi) is 5.76. The lowest BCUT2D eigenvalue weighted by Gasteiger charge is -2.52. The van der Waals surface area contributed by atoms with Gasteiger partial charge in [0.1, 0.15) is 12.3 Å². The number of quaternary nitrogens is 1. The van der Waals surface area contributed by atoms with Crippen molar-refractivity contribution in [1.82, 2.24) is 30.0 Å². The highest BCUT2D eigenvalue weighted by Crippen LogP contribution is 2.40. The van der Waals surface area contributed by atoms with Crippen LogP contribution in [0.15, 0.2) is 18.2 Å². The van der Waals surface area contributed by atoms with Gasteiger partial charge < -0.3 is 26.6 Å². The largest absolute Gasteiger partial charge is 0.496 e. The number of nitrogen functional groups attached to an aromatic ring is 2. The van der Waals surface area contributed by atoms with Crippen molar-refractivity contribution in [2.45, 2.75) is 45.7 Å². The van der Waals surface area contributed by atoms with Crippen molar-refractivity contribution in [3.8, 4) is 17.0 Å². The van der Waals surface area contributed by atoms with Crippen LogP contribution in [0.25, 0.3) is 22.2 Å². The minimum absolute atomic E-state index is 0.151. The molecule has 1 aliphatic rings. The van der Waals surface area contributed by atoms with E-state index in [4.69, 9.17) is 16.2 Å². The highest BCUT2D eigenvalue weighted by molar-refractivity contribution is 5.97. The Hall–Kier alpha value is -3.60. The molecule has 2 aromatic heterocycles. The summed E-state index contributed by atoms with van der Waals surface area (Å²) in [7, 11) is 1.58. The van der Waals surface area contributed by atoms with Gasteiger partial charge in [-0.05, 0) is 39.3 Å². The predicted octanol–water partition coefficient (Wildman–Crippen LogP) is 2.97. The molecule has 0 bridgehead atoms. The van der Waals surface area contributed by atoms with E-state index in [9.17, 15) is 9.90 Å². The number of hydrogen-bond donors (Lipinski definition) is 5. The minimum atomic E-state index is -1.02. The van der Waals surface area contributed by atoms with E-state index in [1.54, 1.807) is 7.11 Å². The summed E-state index contributed by atoms with van der Waals surface area (Å²) in [5, 5.41) is 19.8. The van der Waals surface area contributed by atoms with Gasteiger partial charge in [0.15, 0.2) is 5.82 Å². The summed E-state index contributed by atoms with van der Waals surface area (Å²) in [5.41, 5.74) is 14.1. The molecule has 1 fully saturated rings. The second-order valence-corrected chi connectivity index (χ2v) is 10.2. The molecule has 3 aromatic rings. The van der Waals surface area contributed by atoms with E-state index in [0.717, 1.165) is 29.9 Å². The molecular formula is C23H33N8O3+. The third-order valence-electron chi connectivity index (χ3n) is 6.79. The van der Waals surface area contributed by atoms with E-state index in [1.165, 1.54) is 0 Å². The molecule has 182 valence electrons. The third kappa shape index (κ3) is 4.07. The quantitative estimate of drug-likeness (QED) is 0.364. The third-order valence-corrected chi connectivity index (χ3v) is 6.79. The number of nitrogens with two attached hydrogens (primary N) is 2. The van der Waals surface area contributed by atoms with Crippen LogP contribution in [-0.4, -0.2) is 63.1 Å². The van der Waals surface area contributed by atoms with Crippen LogP contribution in [0.2, 0.25) is 0 Å². The van der Waals surface area contributed by atoms with Gasteiger partial charge in [-0.2, -0.15) is 10.1 Å². The normalized spacial score (nSPS) is 23.1. The van der Waals surface area contributed by atoms with Crippen LogP contribution < -0.4 is 26.0 Å². The maximum absolute atomic E-state index is 11.4. The molecule has 34 heavy (non-hydrogen) atoms. The van der Waals surface area contributed by atoms with Gasteiger partial charge in [-0.25, -0.2) is 9.78 Å². The minimum Gasteiger partial charge on any atom is -0.496 e. The SMILES string of the molecule is COc1cc(-c2cc([N+]3(C(C)(C)C)C[C@H](C)C[C@@H](NC(=O)O)C3)nc(N)n2)cc2[nH]nc(N)c12. The number of ether oxygens (including phenoxy) is 1. The van der Waals surface area contributed by atoms with E-state index >= 15 is 0 Å². The number of aromatic amines is 1. The van der Waals surface area contributed by atoms with Crippen LogP contribution in [0.3, 0.4) is 0 Å². The fourth-order valence-corrected chi connectivity index (χ4v) is 5.25. The molecule has 3 atom stereocenters. The number of nitrogens with one attached hydrogen (secondary N) is 2. The van der Waals surface area contributed by atoms with Crippen LogP contribution in [0.4, 0.5) is 22.4 Å². The van der Waals surface area contributed by atoms with Crippen molar-refractivity contribution in [2.75, 3.05) is 31.7 Å². The van der Waals surface area contributed by atoms with Crippen molar-refractivity contribution in [2.24, 2.45) is 5.92 Å². The van der Waals surface area contributed by atoms with Gasteiger partial charge in [0.2, 0.25) is 11.8 Å². The van der Waals surface area contributed by atoms with Crippen molar-refractivity contribution in [3.63, 3.8) is 0 Å². The summed E-state index contributed by atoms with van der Waals surface area (Å²) in [6.45, 7) is 9.93. The fourth-order valence-electron chi connectivity index (χ4n) is 5.25. The summed E-state index contributed by atoms with van der Waals surface area (Å²) < 4.78 is 6.03. The van der Waals surface area contributed by atoms with Gasteiger partial charge in [-0.1, -0.05) is 6.92 Å². The van der Waals surface area contributed by atoms with Gasteiger partial charge in [-0.3, -0.25) is 9.58 Å². The zero-order valence-electron chi connectivity index (χ0n) is 20.2. The Balaban J connectivity index is 1.87. The number of amides is 1. The molecule has 11 heteroatoms. The Morgan fingerprint density at radius 1 is 1.24 bits per heavy atom. The highest BCUT2D eigenvalue weighted by atomic mass is 16.5. The summed E-state index contributed by atoms with van der Waals surface area (Å²) in [6, 6.07) is 5.50. The number of fused-ring (bicyclic) bond motifs is 1. The second-order valence-electron chi connectivity index (χ2n) is 10.2. The number of H-pyrrole nitrogens is 1. The van der Waals surface area contributed by atoms with E-state index < -0.39 is 6.09 Å². The average molecular weight is 470 g/mol. The van der Waals surface area contributed by atoms with Crippen LogP contribution in [0, 0.1) is 5.92 Å². The lowest BCUT2D eigenvalue weighted by atomic mass is 9.87.